The van der Waals surface area contributed by atoms with Gasteiger partial charge in [0, 0.05) is 5.56 Å². The quantitative estimate of drug-likeness (QED) is 0.609. The second-order valence-electron chi connectivity index (χ2n) is 3.07. The van der Waals surface area contributed by atoms with Crippen LogP contribution in [0.3, 0.4) is 0 Å². The predicted molar refractivity (Wildman–Crippen MR) is 49.4 cm³/mol. The minimum Gasteiger partial charge on any atom is -0.466 e. The number of halogens is 4. The van der Waals surface area contributed by atoms with Gasteiger partial charge in [-0.1, -0.05) is 0 Å². The molecule has 0 radical (unpaired) electrons. The van der Waals surface area contributed by atoms with E-state index < -0.39 is 41.7 Å². The van der Waals surface area contributed by atoms with Crippen LogP contribution in [0, 0.1) is 11.6 Å². The van der Waals surface area contributed by atoms with Crippen LogP contribution in [0.2, 0.25) is 0 Å². The molecule has 0 aliphatic carbocycles. The van der Waals surface area contributed by atoms with Crippen LogP contribution in [-0.4, -0.2) is 17.6 Å². The van der Waals surface area contributed by atoms with Crippen LogP contribution in [-0.2, 0) is 16.0 Å². The largest absolute Gasteiger partial charge is 0.466 e. The lowest BCUT2D eigenvalue weighted by Crippen LogP contribution is -2.12. The van der Waals surface area contributed by atoms with Gasteiger partial charge in [-0.15, -0.1) is 0 Å². The Balaban J connectivity index is 3.05. The Kier molecular flexibility index (Phi) is 4.42. The number of aromatic nitrogens is 1. The number of pyridine rings is 1. The van der Waals surface area contributed by atoms with Crippen molar-refractivity contribution in [3.05, 3.63) is 29.1 Å². The average Bonchev–Trinajstić information content (AvgIpc) is 2.24. The van der Waals surface area contributed by atoms with E-state index in [9.17, 15) is 22.4 Å². The molecule has 1 heterocycles. The number of alkyl halides is 2. The summed E-state index contributed by atoms with van der Waals surface area (Å²) in [5.74, 6) is -3.55. The molecule has 0 unspecified atom stereocenters. The van der Waals surface area contributed by atoms with E-state index in [2.05, 4.69) is 9.72 Å². The SMILES string of the molecule is CCOC(=O)Cc1c(F)cnc(C(F)F)c1F. The Hall–Kier alpha value is -1.66. The molecule has 0 aromatic carbocycles. The van der Waals surface area contributed by atoms with Gasteiger partial charge in [-0.05, 0) is 6.92 Å². The third-order valence-corrected chi connectivity index (χ3v) is 1.93. The first-order valence-corrected chi connectivity index (χ1v) is 4.73. The molecule has 0 N–H and O–H groups in total. The van der Waals surface area contributed by atoms with Crippen LogP contribution in [0.4, 0.5) is 17.6 Å². The van der Waals surface area contributed by atoms with Crippen LogP contribution in [0.1, 0.15) is 24.6 Å². The molecular formula is C10H9F4NO2. The van der Waals surface area contributed by atoms with E-state index in [1.54, 1.807) is 0 Å². The Morgan fingerprint density at radius 3 is 2.65 bits per heavy atom. The maximum atomic E-state index is 13.4. The highest BCUT2D eigenvalue weighted by Gasteiger charge is 2.23. The van der Waals surface area contributed by atoms with Crippen LogP contribution in [0.5, 0.6) is 0 Å². The monoisotopic (exact) mass is 251 g/mol. The van der Waals surface area contributed by atoms with Crippen molar-refractivity contribution in [3.8, 4) is 0 Å². The standard InChI is InChI=1S/C10H9F4NO2/c1-2-17-7(16)3-5-6(11)4-15-9(8(5)12)10(13)14/h4,10H,2-3H2,1H3. The summed E-state index contributed by atoms with van der Waals surface area (Å²) in [4.78, 5) is 14.0. The highest BCUT2D eigenvalue weighted by atomic mass is 19.3. The molecule has 1 aromatic heterocycles. The molecular weight excluding hydrogens is 242 g/mol. The minimum atomic E-state index is -3.17. The Morgan fingerprint density at radius 1 is 1.47 bits per heavy atom. The van der Waals surface area contributed by atoms with Gasteiger partial charge >= 0.3 is 5.97 Å². The smallest absolute Gasteiger partial charge is 0.310 e. The Morgan fingerprint density at radius 2 is 2.12 bits per heavy atom. The van der Waals surface area contributed by atoms with Gasteiger partial charge in [0.2, 0.25) is 0 Å². The Labute approximate surface area is 94.4 Å². The number of hydrogen-bond donors (Lipinski definition) is 0. The third kappa shape index (κ3) is 3.15. The highest BCUT2D eigenvalue weighted by molar-refractivity contribution is 5.72. The summed E-state index contributed by atoms with van der Waals surface area (Å²) in [5, 5.41) is 0. The first-order valence-electron chi connectivity index (χ1n) is 4.73. The first-order chi connectivity index (χ1) is 7.97. The van der Waals surface area contributed by atoms with E-state index in [4.69, 9.17) is 0 Å². The molecule has 0 spiro atoms. The summed E-state index contributed by atoms with van der Waals surface area (Å²) in [6, 6.07) is 0. The maximum Gasteiger partial charge on any atom is 0.310 e. The molecule has 7 heteroatoms. The van der Waals surface area contributed by atoms with Gasteiger partial charge in [0.15, 0.2) is 5.82 Å². The van der Waals surface area contributed by atoms with Gasteiger partial charge in [0.05, 0.1) is 19.2 Å². The summed E-state index contributed by atoms with van der Waals surface area (Å²) < 4.78 is 55.6. The van der Waals surface area contributed by atoms with Crippen molar-refractivity contribution in [3.63, 3.8) is 0 Å². The van der Waals surface area contributed by atoms with Gasteiger partial charge in [-0.2, -0.15) is 0 Å². The van der Waals surface area contributed by atoms with Gasteiger partial charge in [-0.25, -0.2) is 22.5 Å². The molecule has 0 amide bonds. The van der Waals surface area contributed by atoms with Gasteiger partial charge in [0.1, 0.15) is 11.5 Å². The summed E-state index contributed by atoms with van der Waals surface area (Å²) in [6.45, 7) is 1.55. The number of carbonyl (C=O) groups is 1. The highest BCUT2D eigenvalue weighted by Crippen LogP contribution is 2.23. The third-order valence-electron chi connectivity index (χ3n) is 1.93. The molecule has 1 aromatic rings. The molecule has 0 atom stereocenters. The number of rotatable bonds is 4. The minimum absolute atomic E-state index is 0.0366. The molecule has 94 valence electrons. The molecule has 0 aliphatic rings. The number of hydrogen-bond acceptors (Lipinski definition) is 3. The Bertz CT molecular complexity index is 423. The number of carbonyl (C=O) groups excluding carboxylic acids is 1. The molecule has 0 saturated carbocycles. The summed E-state index contributed by atoms with van der Waals surface area (Å²) in [5.41, 5.74) is -1.93. The molecule has 0 aliphatic heterocycles. The molecule has 3 nitrogen and oxygen atoms in total. The zero-order chi connectivity index (χ0) is 13.0. The van der Waals surface area contributed by atoms with E-state index in [0.29, 0.717) is 6.20 Å². The lowest BCUT2D eigenvalue weighted by molar-refractivity contribution is -0.142. The fourth-order valence-electron chi connectivity index (χ4n) is 1.19. The lowest BCUT2D eigenvalue weighted by atomic mass is 10.1. The van der Waals surface area contributed by atoms with Gasteiger partial charge in [0.25, 0.3) is 6.43 Å². The zero-order valence-electron chi connectivity index (χ0n) is 8.84. The molecule has 17 heavy (non-hydrogen) atoms. The average molecular weight is 251 g/mol. The van der Waals surface area contributed by atoms with Crippen LogP contribution in [0.15, 0.2) is 6.20 Å². The fraction of sp³-hybridized carbons (Fsp3) is 0.400. The van der Waals surface area contributed by atoms with Gasteiger partial charge < -0.3 is 4.74 Å². The fourth-order valence-corrected chi connectivity index (χ4v) is 1.19. The number of ether oxygens (including phenoxy) is 1. The van der Waals surface area contributed by atoms with Crippen LogP contribution < -0.4 is 0 Å². The normalized spacial score (nSPS) is 10.7. The van der Waals surface area contributed by atoms with E-state index in [0.717, 1.165) is 0 Å². The van der Waals surface area contributed by atoms with Crippen LogP contribution >= 0.6 is 0 Å². The van der Waals surface area contributed by atoms with Crippen molar-refractivity contribution >= 4 is 5.97 Å². The maximum absolute atomic E-state index is 13.4. The molecule has 0 fully saturated rings. The second-order valence-corrected chi connectivity index (χ2v) is 3.07. The molecule has 1 rings (SSSR count). The zero-order valence-corrected chi connectivity index (χ0v) is 8.84. The van der Waals surface area contributed by atoms with E-state index in [1.165, 1.54) is 6.92 Å². The second kappa shape index (κ2) is 5.60. The van der Waals surface area contributed by atoms with E-state index in [-0.39, 0.29) is 6.61 Å². The van der Waals surface area contributed by atoms with Gasteiger partial charge in [-0.3, -0.25) is 4.79 Å². The summed E-state index contributed by atoms with van der Waals surface area (Å²) in [6.07, 6.45) is -3.45. The predicted octanol–water partition coefficient (Wildman–Crippen LogP) is 2.40. The molecule has 0 saturated heterocycles. The van der Waals surface area contributed by atoms with Crippen molar-refractivity contribution in [2.75, 3.05) is 6.61 Å². The van der Waals surface area contributed by atoms with Crippen molar-refractivity contribution < 1.29 is 27.1 Å². The van der Waals surface area contributed by atoms with E-state index in [1.807, 2.05) is 0 Å². The molecule has 0 bridgehead atoms. The van der Waals surface area contributed by atoms with Crippen LogP contribution in [0.25, 0.3) is 0 Å². The summed E-state index contributed by atoms with van der Waals surface area (Å²) in [7, 11) is 0. The van der Waals surface area contributed by atoms with Crippen molar-refractivity contribution in [1.29, 1.82) is 0 Å². The summed E-state index contributed by atoms with van der Waals surface area (Å²) >= 11 is 0. The first kappa shape index (κ1) is 13.4. The van der Waals surface area contributed by atoms with Crippen molar-refractivity contribution in [2.45, 2.75) is 19.8 Å². The van der Waals surface area contributed by atoms with Crippen molar-refractivity contribution in [2.24, 2.45) is 0 Å². The number of nitrogens with zero attached hydrogens (tertiary/aromatic N) is 1. The topological polar surface area (TPSA) is 39.2 Å². The van der Waals surface area contributed by atoms with E-state index >= 15 is 0 Å². The number of esters is 1. The lowest BCUT2D eigenvalue weighted by Gasteiger charge is -2.07. The van der Waals surface area contributed by atoms with Crippen molar-refractivity contribution in [1.82, 2.24) is 4.98 Å².